The lowest BCUT2D eigenvalue weighted by atomic mass is 9.96. The summed E-state index contributed by atoms with van der Waals surface area (Å²) in [4.78, 5) is 14.9. The second kappa shape index (κ2) is 4.36. The molecule has 0 saturated carbocycles. The van der Waals surface area contributed by atoms with Crippen LogP contribution in [0.5, 0.6) is 0 Å². The molecule has 0 aromatic carbocycles. The molecule has 0 aromatic heterocycles. The summed E-state index contributed by atoms with van der Waals surface area (Å²) in [7, 11) is 0. The van der Waals surface area contributed by atoms with Crippen molar-refractivity contribution >= 4 is 6.03 Å². The van der Waals surface area contributed by atoms with Gasteiger partial charge >= 0.3 is 12.2 Å². The van der Waals surface area contributed by atoms with Crippen LogP contribution in [0.2, 0.25) is 0 Å². The number of hydrogen-bond donors (Lipinski definition) is 1. The molecule has 2 aliphatic rings. The molecule has 2 aliphatic heterocycles. The molecule has 0 atom stereocenters. The fourth-order valence-electron chi connectivity index (χ4n) is 2.27. The summed E-state index contributed by atoms with van der Waals surface area (Å²) >= 11 is 0. The second-order valence-corrected chi connectivity index (χ2v) is 4.75. The third-order valence-electron chi connectivity index (χ3n) is 3.41. The van der Waals surface area contributed by atoms with Crippen LogP contribution in [0.1, 0.15) is 12.8 Å². The zero-order valence-electron chi connectivity index (χ0n) is 9.41. The van der Waals surface area contributed by atoms with Crippen molar-refractivity contribution in [1.82, 2.24) is 9.80 Å². The minimum absolute atomic E-state index is 0.00906. The first-order valence-electron chi connectivity index (χ1n) is 5.74. The lowest BCUT2D eigenvalue weighted by molar-refractivity contribution is -0.183. The summed E-state index contributed by atoms with van der Waals surface area (Å²) in [5, 5.41) is 0. The maximum absolute atomic E-state index is 12.4. The van der Waals surface area contributed by atoms with Crippen LogP contribution in [-0.2, 0) is 0 Å². The number of amides is 2. The zero-order valence-corrected chi connectivity index (χ0v) is 9.41. The summed E-state index contributed by atoms with van der Waals surface area (Å²) in [5.74, 6) is -1.26. The van der Waals surface area contributed by atoms with Crippen molar-refractivity contribution in [2.75, 3.05) is 26.2 Å². The number of nitrogens with zero attached hydrogens (tertiary/aromatic N) is 2. The van der Waals surface area contributed by atoms with E-state index in [0.29, 0.717) is 13.1 Å². The Morgan fingerprint density at radius 3 is 2.06 bits per heavy atom. The van der Waals surface area contributed by atoms with E-state index in [1.54, 1.807) is 4.90 Å². The van der Waals surface area contributed by atoms with E-state index in [2.05, 4.69) is 0 Å². The molecule has 0 aliphatic carbocycles. The van der Waals surface area contributed by atoms with Gasteiger partial charge in [0.1, 0.15) is 0 Å². The van der Waals surface area contributed by atoms with Gasteiger partial charge in [0.25, 0.3) is 0 Å². The number of hydrogen-bond acceptors (Lipinski definition) is 2. The van der Waals surface area contributed by atoms with E-state index in [4.69, 9.17) is 5.73 Å². The van der Waals surface area contributed by atoms with Crippen molar-refractivity contribution in [3.05, 3.63) is 0 Å². The molecular weight excluding hydrogens is 235 g/mol. The van der Waals surface area contributed by atoms with E-state index in [1.807, 2.05) is 0 Å². The van der Waals surface area contributed by atoms with Crippen molar-refractivity contribution in [1.29, 1.82) is 0 Å². The summed E-state index contributed by atoms with van der Waals surface area (Å²) in [5.41, 5.74) is 5.55. The Kier molecular flexibility index (Phi) is 3.20. The second-order valence-electron chi connectivity index (χ2n) is 4.75. The lowest BCUT2D eigenvalue weighted by Crippen LogP contribution is -2.61. The quantitative estimate of drug-likeness (QED) is 0.699. The summed E-state index contributed by atoms with van der Waals surface area (Å²) in [6, 6.07) is -0.154. The van der Waals surface area contributed by atoms with Crippen molar-refractivity contribution in [3.8, 4) is 0 Å². The Morgan fingerprint density at radius 2 is 1.65 bits per heavy atom. The molecule has 98 valence electrons. The van der Waals surface area contributed by atoms with Gasteiger partial charge in [-0.15, -0.1) is 0 Å². The molecule has 0 unspecified atom stereocenters. The lowest BCUT2D eigenvalue weighted by Gasteiger charge is -2.42. The van der Waals surface area contributed by atoms with Gasteiger partial charge in [-0.2, -0.15) is 13.2 Å². The van der Waals surface area contributed by atoms with Gasteiger partial charge in [-0.1, -0.05) is 0 Å². The third-order valence-corrected chi connectivity index (χ3v) is 3.41. The molecule has 0 bridgehead atoms. The van der Waals surface area contributed by atoms with Crippen LogP contribution in [0, 0.1) is 5.92 Å². The number of rotatable bonds is 0. The largest absolute Gasteiger partial charge is 0.391 e. The van der Waals surface area contributed by atoms with Gasteiger partial charge in [0.05, 0.1) is 5.92 Å². The molecule has 7 heteroatoms. The van der Waals surface area contributed by atoms with Crippen molar-refractivity contribution in [3.63, 3.8) is 0 Å². The van der Waals surface area contributed by atoms with Crippen molar-refractivity contribution < 1.29 is 18.0 Å². The van der Waals surface area contributed by atoms with Crippen LogP contribution in [0.25, 0.3) is 0 Å². The predicted octanol–water partition coefficient (Wildman–Crippen LogP) is 1.02. The molecule has 4 nitrogen and oxygen atoms in total. The highest BCUT2D eigenvalue weighted by Crippen LogP contribution is 2.34. The Bertz CT molecular complexity index is 294. The van der Waals surface area contributed by atoms with Gasteiger partial charge in [-0.05, 0) is 12.8 Å². The van der Waals surface area contributed by atoms with E-state index in [0.717, 1.165) is 0 Å². The summed E-state index contributed by atoms with van der Waals surface area (Å²) in [6.45, 7) is 1.40. The topological polar surface area (TPSA) is 49.6 Å². The van der Waals surface area contributed by atoms with Crippen LogP contribution >= 0.6 is 0 Å². The van der Waals surface area contributed by atoms with E-state index in [1.165, 1.54) is 4.90 Å². The highest BCUT2D eigenvalue weighted by Gasteiger charge is 2.42. The first-order valence-corrected chi connectivity index (χ1v) is 5.74. The number of carbonyl (C=O) groups is 1. The maximum atomic E-state index is 12.4. The molecular formula is C10H16F3N3O. The van der Waals surface area contributed by atoms with Crippen LogP contribution in [-0.4, -0.2) is 54.2 Å². The number of halogens is 3. The third kappa shape index (κ3) is 2.65. The van der Waals surface area contributed by atoms with Gasteiger partial charge in [0.2, 0.25) is 0 Å². The van der Waals surface area contributed by atoms with Crippen molar-refractivity contribution in [2.45, 2.75) is 25.1 Å². The normalized spacial score (nSPS) is 23.8. The van der Waals surface area contributed by atoms with Gasteiger partial charge in [-0.25, -0.2) is 4.79 Å². The molecule has 2 N–H and O–H groups in total. The van der Waals surface area contributed by atoms with Crippen molar-refractivity contribution in [2.24, 2.45) is 11.7 Å². The summed E-state index contributed by atoms with van der Waals surface area (Å²) in [6.07, 6.45) is -4.11. The predicted molar refractivity (Wildman–Crippen MR) is 55.3 cm³/mol. The Hall–Kier alpha value is -0.980. The monoisotopic (exact) mass is 251 g/mol. The average Bonchev–Trinajstić information content (AvgIpc) is 2.23. The molecule has 0 aromatic rings. The Morgan fingerprint density at radius 1 is 1.12 bits per heavy atom. The molecule has 2 amide bonds. The molecule has 0 spiro atoms. The molecule has 0 radical (unpaired) electrons. The Balaban J connectivity index is 1.81. The van der Waals surface area contributed by atoms with Gasteiger partial charge in [0, 0.05) is 32.2 Å². The number of carbonyl (C=O) groups excluding carboxylic acids is 1. The molecule has 2 fully saturated rings. The standard InChI is InChI=1S/C10H16F3N3O/c11-10(12,13)7-1-3-15(4-2-7)9(17)16-5-8(14)6-16/h7-8H,1-6,14H2. The van der Waals surface area contributed by atoms with E-state index in [9.17, 15) is 18.0 Å². The molecule has 2 rings (SSSR count). The van der Waals surface area contributed by atoms with E-state index >= 15 is 0 Å². The number of nitrogens with two attached hydrogens (primary N) is 1. The van der Waals surface area contributed by atoms with Crippen LogP contribution in [0.15, 0.2) is 0 Å². The minimum atomic E-state index is -4.13. The molecule has 2 heterocycles. The first-order chi connectivity index (χ1) is 7.88. The fraction of sp³-hybridized carbons (Fsp3) is 0.900. The molecule has 2 saturated heterocycles. The average molecular weight is 251 g/mol. The summed E-state index contributed by atoms with van der Waals surface area (Å²) < 4.78 is 37.3. The van der Waals surface area contributed by atoms with Crippen LogP contribution in [0.4, 0.5) is 18.0 Å². The van der Waals surface area contributed by atoms with Crippen LogP contribution in [0.3, 0.4) is 0 Å². The SMILES string of the molecule is NC1CN(C(=O)N2CCC(C(F)(F)F)CC2)C1. The molecule has 17 heavy (non-hydrogen) atoms. The highest BCUT2D eigenvalue weighted by atomic mass is 19.4. The highest BCUT2D eigenvalue weighted by molar-refractivity contribution is 5.75. The minimum Gasteiger partial charge on any atom is -0.325 e. The van der Waals surface area contributed by atoms with Crippen LogP contribution < -0.4 is 5.73 Å². The Labute approximate surface area is 97.5 Å². The first kappa shape index (κ1) is 12.5. The maximum Gasteiger partial charge on any atom is 0.391 e. The fourth-order valence-corrected chi connectivity index (χ4v) is 2.27. The zero-order chi connectivity index (χ0) is 12.6. The number of likely N-dealkylation sites (tertiary alicyclic amines) is 2. The number of urea groups is 1. The smallest absolute Gasteiger partial charge is 0.325 e. The van der Waals surface area contributed by atoms with Gasteiger partial charge in [-0.3, -0.25) is 0 Å². The van der Waals surface area contributed by atoms with Gasteiger partial charge in [0.15, 0.2) is 0 Å². The van der Waals surface area contributed by atoms with E-state index < -0.39 is 12.1 Å². The van der Waals surface area contributed by atoms with Gasteiger partial charge < -0.3 is 15.5 Å². The van der Waals surface area contributed by atoms with E-state index in [-0.39, 0.29) is 38.0 Å². The number of piperidine rings is 1. The number of alkyl halides is 3.